The number of methoxy groups -OCH3 is 1. The lowest BCUT2D eigenvalue weighted by molar-refractivity contribution is -0.0491. The van der Waals surface area contributed by atoms with Crippen molar-refractivity contribution >= 4 is 0 Å². The third kappa shape index (κ3) is 4.60. The van der Waals surface area contributed by atoms with E-state index in [0.29, 0.717) is 12.7 Å². The molecule has 1 atom stereocenters. The van der Waals surface area contributed by atoms with Crippen molar-refractivity contribution in [3.63, 3.8) is 0 Å². The molecule has 0 aliphatic carbocycles. The fourth-order valence-electron chi connectivity index (χ4n) is 4.01. The third-order valence-electron chi connectivity index (χ3n) is 5.57. The predicted molar refractivity (Wildman–Crippen MR) is 91.7 cm³/mol. The van der Waals surface area contributed by atoms with Crippen LogP contribution in [0.2, 0.25) is 0 Å². The van der Waals surface area contributed by atoms with Gasteiger partial charge in [-0.25, -0.2) is 0 Å². The second-order valence-corrected chi connectivity index (χ2v) is 7.43. The average molecular weight is 337 g/mol. The van der Waals surface area contributed by atoms with Crippen molar-refractivity contribution < 1.29 is 19.0 Å². The van der Waals surface area contributed by atoms with Crippen LogP contribution in [0.3, 0.4) is 0 Å². The molecule has 2 aliphatic rings. The topological polar surface area (TPSA) is 55.1 Å². The quantitative estimate of drug-likeness (QED) is 0.829. The van der Waals surface area contributed by atoms with Crippen LogP contribution in [0.1, 0.15) is 50.0 Å². The van der Waals surface area contributed by atoms with E-state index in [4.69, 9.17) is 13.9 Å². The highest BCUT2D eigenvalue weighted by molar-refractivity contribution is 5.06. The van der Waals surface area contributed by atoms with Gasteiger partial charge in [-0.15, -0.1) is 0 Å². The van der Waals surface area contributed by atoms with Crippen LogP contribution in [-0.2, 0) is 22.6 Å². The maximum Gasteiger partial charge on any atom is 0.129 e. The van der Waals surface area contributed by atoms with Gasteiger partial charge in [-0.05, 0) is 69.2 Å². The Labute approximate surface area is 144 Å². The molecule has 2 saturated heterocycles. The van der Waals surface area contributed by atoms with E-state index in [9.17, 15) is 5.11 Å². The van der Waals surface area contributed by atoms with Gasteiger partial charge >= 0.3 is 0 Å². The summed E-state index contributed by atoms with van der Waals surface area (Å²) in [6.45, 7) is 4.54. The summed E-state index contributed by atoms with van der Waals surface area (Å²) in [5.74, 6) is 1.87. The second kappa shape index (κ2) is 8.48. The van der Waals surface area contributed by atoms with Gasteiger partial charge < -0.3 is 19.0 Å². The van der Waals surface area contributed by atoms with Gasteiger partial charge in [0.1, 0.15) is 18.1 Å². The van der Waals surface area contributed by atoms with Crippen molar-refractivity contribution in [1.29, 1.82) is 0 Å². The minimum atomic E-state index is 0.0445. The molecule has 2 fully saturated rings. The van der Waals surface area contributed by atoms with Crippen molar-refractivity contribution in [1.82, 2.24) is 4.90 Å². The lowest BCUT2D eigenvalue weighted by Crippen LogP contribution is -2.44. The van der Waals surface area contributed by atoms with Gasteiger partial charge in [0.05, 0.1) is 12.6 Å². The summed E-state index contributed by atoms with van der Waals surface area (Å²) in [5.41, 5.74) is 0.0445. The molecule has 0 spiro atoms. The van der Waals surface area contributed by atoms with Crippen LogP contribution < -0.4 is 0 Å². The molecule has 24 heavy (non-hydrogen) atoms. The molecule has 1 aromatic heterocycles. The van der Waals surface area contributed by atoms with Gasteiger partial charge in [0.15, 0.2) is 0 Å². The molecule has 0 amide bonds. The molecule has 0 radical (unpaired) electrons. The van der Waals surface area contributed by atoms with Crippen LogP contribution in [0.5, 0.6) is 0 Å². The van der Waals surface area contributed by atoms with Crippen LogP contribution in [0, 0.1) is 5.41 Å². The Balaban J connectivity index is 1.49. The first-order chi connectivity index (χ1) is 11.7. The molecule has 0 saturated carbocycles. The number of ether oxygens (including phenoxy) is 2. The first-order valence-electron chi connectivity index (χ1n) is 9.24. The molecule has 0 bridgehead atoms. The molecule has 0 aromatic carbocycles. The smallest absolute Gasteiger partial charge is 0.129 e. The summed E-state index contributed by atoms with van der Waals surface area (Å²) >= 11 is 0. The number of piperidine rings is 1. The lowest BCUT2D eigenvalue weighted by atomic mass is 9.74. The number of likely N-dealkylation sites (tertiary alicyclic amines) is 1. The molecule has 3 rings (SSSR count). The highest BCUT2D eigenvalue weighted by Crippen LogP contribution is 2.38. The predicted octanol–water partition coefficient (Wildman–Crippen LogP) is 2.96. The number of rotatable bonds is 7. The van der Waals surface area contributed by atoms with E-state index in [2.05, 4.69) is 4.90 Å². The van der Waals surface area contributed by atoms with E-state index < -0.39 is 0 Å². The zero-order chi connectivity index (χ0) is 16.8. The van der Waals surface area contributed by atoms with Gasteiger partial charge in [0.2, 0.25) is 0 Å². The standard InChI is InChI=1S/C19H31NO4/c1-22-14-18-6-5-17(24-18)13-20-9-7-19(15-21,8-10-20)12-16-4-2-3-11-23-16/h5-6,16,21H,2-4,7-15H2,1H3. The van der Waals surface area contributed by atoms with Crippen LogP contribution in [0.15, 0.2) is 16.5 Å². The summed E-state index contributed by atoms with van der Waals surface area (Å²) in [6, 6.07) is 4.03. The van der Waals surface area contributed by atoms with Crippen LogP contribution in [0.25, 0.3) is 0 Å². The van der Waals surface area contributed by atoms with E-state index in [1.165, 1.54) is 12.8 Å². The summed E-state index contributed by atoms with van der Waals surface area (Å²) in [4.78, 5) is 2.42. The fraction of sp³-hybridized carbons (Fsp3) is 0.789. The van der Waals surface area contributed by atoms with Crippen molar-refractivity contribution in [3.8, 4) is 0 Å². The monoisotopic (exact) mass is 337 g/mol. The molecule has 3 heterocycles. The third-order valence-corrected chi connectivity index (χ3v) is 5.57. The summed E-state index contributed by atoms with van der Waals surface area (Å²) in [6.07, 6.45) is 7.03. The van der Waals surface area contributed by atoms with Crippen molar-refractivity contribution in [2.24, 2.45) is 5.41 Å². The SMILES string of the molecule is COCc1ccc(CN2CCC(CO)(CC3CCCCO3)CC2)o1. The largest absolute Gasteiger partial charge is 0.462 e. The van der Waals surface area contributed by atoms with Gasteiger partial charge in [0.25, 0.3) is 0 Å². The molecule has 136 valence electrons. The van der Waals surface area contributed by atoms with Crippen LogP contribution in [0.4, 0.5) is 0 Å². The number of aliphatic hydroxyl groups excluding tert-OH is 1. The fourth-order valence-corrected chi connectivity index (χ4v) is 4.01. The average Bonchev–Trinajstić information content (AvgIpc) is 3.05. The van der Waals surface area contributed by atoms with Gasteiger partial charge in [-0.3, -0.25) is 4.90 Å². The van der Waals surface area contributed by atoms with Gasteiger partial charge in [-0.2, -0.15) is 0 Å². The van der Waals surface area contributed by atoms with Crippen LogP contribution in [-0.4, -0.2) is 49.5 Å². The number of furan rings is 1. The zero-order valence-corrected chi connectivity index (χ0v) is 14.8. The number of hydrogen-bond acceptors (Lipinski definition) is 5. The molecule has 1 aromatic rings. The van der Waals surface area contributed by atoms with E-state index in [0.717, 1.165) is 63.4 Å². The molecule has 5 heteroatoms. The van der Waals surface area contributed by atoms with Gasteiger partial charge in [-0.1, -0.05) is 0 Å². The highest BCUT2D eigenvalue weighted by Gasteiger charge is 2.37. The van der Waals surface area contributed by atoms with Crippen LogP contribution >= 0.6 is 0 Å². The minimum Gasteiger partial charge on any atom is -0.462 e. The highest BCUT2D eigenvalue weighted by atomic mass is 16.5. The zero-order valence-electron chi connectivity index (χ0n) is 14.8. The van der Waals surface area contributed by atoms with Gasteiger partial charge in [0, 0.05) is 20.3 Å². The first-order valence-corrected chi connectivity index (χ1v) is 9.24. The molecule has 2 aliphatic heterocycles. The first kappa shape index (κ1) is 17.9. The van der Waals surface area contributed by atoms with Crippen molar-refractivity contribution in [2.75, 3.05) is 33.4 Å². The second-order valence-electron chi connectivity index (χ2n) is 7.43. The Morgan fingerprint density at radius 2 is 2.04 bits per heavy atom. The summed E-state index contributed by atoms with van der Waals surface area (Å²) in [7, 11) is 1.68. The Kier molecular flexibility index (Phi) is 6.33. The molecule has 1 N–H and O–H groups in total. The summed E-state index contributed by atoms with van der Waals surface area (Å²) in [5, 5.41) is 10.0. The Bertz CT molecular complexity index is 487. The molecular formula is C19H31NO4. The normalized spacial score (nSPS) is 25.0. The van der Waals surface area contributed by atoms with Crippen molar-refractivity contribution in [2.45, 2.75) is 57.8 Å². The number of nitrogens with zero attached hydrogens (tertiary/aromatic N) is 1. The number of hydrogen-bond donors (Lipinski definition) is 1. The Morgan fingerprint density at radius 3 is 2.71 bits per heavy atom. The minimum absolute atomic E-state index is 0.0445. The molecular weight excluding hydrogens is 306 g/mol. The maximum absolute atomic E-state index is 10.0. The summed E-state index contributed by atoms with van der Waals surface area (Å²) < 4.78 is 16.8. The van der Waals surface area contributed by atoms with E-state index in [1.54, 1.807) is 7.11 Å². The number of aliphatic hydroxyl groups is 1. The van der Waals surface area contributed by atoms with E-state index >= 15 is 0 Å². The lowest BCUT2D eigenvalue weighted by Gasteiger charge is -2.42. The Hall–Kier alpha value is -0.880. The maximum atomic E-state index is 10.0. The van der Waals surface area contributed by atoms with Crippen molar-refractivity contribution in [3.05, 3.63) is 23.7 Å². The molecule has 5 nitrogen and oxygen atoms in total. The van der Waals surface area contributed by atoms with E-state index in [1.807, 2.05) is 12.1 Å². The van der Waals surface area contributed by atoms with E-state index in [-0.39, 0.29) is 12.0 Å². The molecule has 1 unspecified atom stereocenters. The Morgan fingerprint density at radius 1 is 1.25 bits per heavy atom.